The maximum absolute atomic E-state index is 13.0. The summed E-state index contributed by atoms with van der Waals surface area (Å²) < 4.78 is 31.3. The van der Waals surface area contributed by atoms with Crippen LogP contribution in [0.1, 0.15) is 25.7 Å². The molecule has 0 spiro atoms. The van der Waals surface area contributed by atoms with Crippen molar-refractivity contribution >= 4 is 38.9 Å². The van der Waals surface area contributed by atoms with Crippen LogP contribution in [0.2, 0.25) is 10.0 Å². The Morgan fingerprint density at radius 3 is 2.58 bits per heavy atom. The topological polar surface area (TPSA) is 96.3 Å². The summed E-state index contributed by atoms with van der Waals surface area (Å²) in [7, 11) is -2.29. The molecule has 0 radical (unpaired) electrons. The molecule has 3 rings (SSSR count). The standard InChI is InChI=1S/C17H18Cl2N2O4S/c1-25-14-8-11(7-12(14)16(22)21-17(9-20)4-5-17)26(23,24)15-3-2-10(18)6-13(15)19/h2-3,6,11-12,14H,4-5,7-8H2,1H3,(H,21,22). The van der Waals surface area contributed by atoms with E-state index in [2.05, 4.69) is 11.4 Å². The van der Waals surface area contributed by atoms with E-state index in [1.807, 2.05) is 0 Å². The van der Waals surface area contributed by atoms with Gasteiger partial charge in [0.15, 0.2) is 9.84 Å². The molecule has 0 bridgehead atoms. The maximum atomic E-state index is 13.0. The summed E-state index contributed by atoms with van der Waals surface area (Å²) in [5.41, 5.74) is -0.800. The van der Waals surface area contributed by atoms with E-state index in [4.69, 9.17) is 33.2 Å². The van der Waals surface area contributed by atoms with Gasteiger partial charge in [0.05, 0.1) is 33.3 Å². The Morgan fingerprint density at radius 1 is 1.35 bits per heavy atom. The minimum absolute atomic E-state index is 0.000154. The molecule has 140 valence electrons. The highest BCUT2D eigenvalue weighted by Crippen LogP contribution is 2.40. The molecule has 1 amide bonds. The van der Waals surface area contributed by atoms with Crippen molar-refractivity contribution in [1.82, 2.24) is 5.32 Å². The van der Waals surface area contributed by atoms with E-state index in [0.29, 0.717) is 17.9 Å². The fourth-order valence-electron chi connectivity index (χ4n) is 3.35. The third-order valence-electron chi connectivity index (χ3n) is 5.07. The summed E-state index contributed by atoms with van der Waals surface area (Å²) >= 11 is 11.9. The maximum Gasteiger partial charge on any atom is 0.227 e. The van der Waals surface area contributed by atoms with Crippen LogP contribution < -0.4 is 5.32 Å². The van der Waals surface area contributed by atoms with Gasteiger partial charge in [-0.2, -0.15) is 5.26 Å². The number of ether oxygens (including phenoxy) is 1. The summed E-state index contributed by atoms with van der Waals surface area (Å²) in [5.74, 6) is -0.965. The lowest BCUT2D eigenvalue weighted by molar-refractivity contribution is -0.128. The molecule has 9 heteroatoms. The number of nitriles is 1. The molecule has 3 unspecified atom stereocenters. The van der Waals surface area contributed by atoms with Crippen molar-refractivity contribution in [3.05, 3.63) is 28.2 Å². The van der Waals surface area contributed by atoms with Gasteiger partial charge in [0.1, 0.15) is 5.54 Å². The SMILES string of the molecule is COC1CC(S(=O)(=O)c2ccc(Cl)cc2Cl)CC1C(=O)NC1(C#N)CC1. The fourth-order valence-corrected chi connectivity index (χ4v) is 5.93. The van der Waals surface area contributed by atoms with Gasteiger partial charge in [-0.15, -0.1) is 0 Å². The van der Waals surface area contributed by atoms with Crippen LogP contribution in [-0.2, 0) is 19.4 Å². The Hall–Kier alpha value is -1.33. The molecular formula is C17H18Cl2N2O4S. The Bertz CT molecular complexity index is 877. The van der Waals surface area contributed by atoms with E-state index >= 15 is 0 Å². The Balaban J connectivity index is 1.81. The first-order valence-corrected chi connectivity index (χ1v) is 10.5. The van der Waals surface area contributed by atoms with Crippen molar-refractivity contribution < 1.29 is 17.9 Å². The molecule has 0 aliphatic heterocycles. The molecule has 2 aliphatic carbocycles. The van der Waals surface area contributed by atoms with E-state index < -0.39 is 32.6 Å². The smallest absolute Gasteiger partial charge is 0.227 e. The molecule has 3 atom stereocenters. The monoisotopic (exact) mass is 416 g/mol. The number of benzene rings is 1. The summed E-state index contributed by atoms with van der Waals surface area (Å²) in [4.78, 5) is 12.6. The van der Waals surface area contributed by atoms with Gasteiger partial charge in [-0.05, 0) is 43.9 Å². The molecule has 2 aliphatic rings. The highest BCUT2D eigenvalue weighted by atomic mass is 35.5. The van der Waals surface area contributed by atoms with Crippen LogP contribution in [0.15, 0.2) is 23.1 Å². The van der Waals surface area contributed by atoms with Gasteiger partial charge in [-0.25, -0.2) is 8.42 Å². The van der Waals surface area contributed by atoms with E-state index in [1.54, 1.807) is 0 Å². The number of hydrogen-bond acceptors (Lipinski definition) is 5. The van der Waals surface area contributed by atoms with Crippen molar-refractivity contribution in [2.75, 3.05) is 7.11 Å². The zero-order valence-corrected chi connectivity index (χ0v) is 16.4. The summed E-state index contributed by atoms with van der Waals surface area (Å²) in [6.07, 6.45) is 1.00. The number of carbonyl (C=O) groups excluding carboxylic acids is 1. The van der Waals surface area contributed by atoms with E-state index in [1.165, 1.54) is 25.3 Å². The molecule has 26 heavy (non-hydrogen) atoms. The van der Waals surface area contributed by atoms with Crippen molar-refractivity contribution in [3.8, 4) is 6.07 Å². The molecule has 0 heterocycles. The van der Waals surface area contributed by atoms with Crippen LogP contribution in [0, 0.1) is 17.2 Å². The number of carbonyl (C=O) groups is 1. The van der Waals surface area contributed by atoms with Gasteiger partial charge in [-0.1, -0.05) is 23.2 Å². The number of halogens is 2. The molecule has 1 aromatic carbocycles. The molecule has 6 nitrogen and oxygen atoms in total. The molecular weight excluding hydrogens is 399 g/mol. The van der Waals surface area contributed by atoms with Gasteiger partial charge in [0.2, 0.25) is 5.91 Å². The fraction of sp³-hybridized carbons (Fsp3) is 0.529. The van der Waals surface area contributed by atoms with E-state index in [0.717, 1.165) is 0 Å². The number of methoxy groups -OCH3 is 1. The minimum atomic E-state index is -3.74. The van der Waals surface area contributed by atoms with Gasteiger partial charge in [-0.3, -0.25) is 4.79 Å². The average molecular weight is 417 g/mol. The summed E-state index contributed by atoms with van der Waals surface area (Å²) in [6.45, 7) is 0. The normalized spacial score (nSPS) is 26.9. The number of nitrogens with one attached hydrogen (secondary N) is 1. The minimum Gasteiger partial charge on any atom is -0.381 e. The summed E-state index contributed by atoms with van der Waals surface area (Å²) in [6, 6.07) is 6.33. The number of amides is 1. The Labute approximate surface area is 162 Å². The van der Waals surface area contributed by atoms with Crippen molar-refractivity contribution in [2.24, 2.45) is 5.92 Å². The van der Waals surface area contributed by atoms with Crippen LogP contribution in [-0.4, -0.2) is 38.3 Å². The Morgan fingerprint density at radius 2 is 2.04 bits per heavy atom. The van der Waals surface area contributed by atoms with Crippen molar-refractivity contribution in [1.29, 1.82) is 5.26 Å². The Kier molecular flexibility index (Phi) is 5.24. The molecule has 1 N–H and O–H groups in total. The highest BCUT2D eigenvalue weighted by molar-refractivity contribution is 7.92. The number of hydrogen-bond donors (Lipinski definition) is 1. The van der Waals surface area contributed by atoms with Crippen molar-refractivity contribution in [2.45, 2.75) is 47.5 Å². The highest BCUT2D eigenvalue weighted by Gasteiger charge is 2.50. The van der Waals surface area contributed by atoms with Gasteiger partial charge >= 0.3 is 0 Å². The van der Waals surface area contributed by atoms with Crippen LogP contribution in [0.25, 0.3) is 0 Å². The van der Waals surface area contributed by atoms with Crippen LogP contribution >= 0.6 is 23.2 Å². The predicted octanol–water partition coefficient (Wildman–Crippen LogP) is 2.73. The number of sulfone groups is 1. The first-order chi connectivity index (χ1) is 12.2. The van der Waals surface area contributed by atoms with Gasteiger partial charge in [0, 0.05) is 12.1 Å². The zero-order chi connectivity index (χ0) is 19.1. The van der Waals surface area contributed by atoms with Gasteiger partial charge < -0.3 is 10.1 Å². The van der Waals surface area contributed by atoms with Crippen LogP contribution in [0.5, 0.6) is 0 Å². The average Bonchev–Trinajstić information content (AvgIpc) is 3.20. The first kappa shape index (κ1) is 19.4. The second kappa shape index (κ2) is 7.01. The summed E-state index contributed by atoms with van der Waals surface area (Å²) in [5, 5.41) is 11.5. The van der Waals surface area contributed by atoms with Gasteiger partial charge in [0.25, 0.3) is 0 Å². The van der Waals surface area contributed by atoms with Crippen LogP contribution in [0.4, 0.5) is 0 Å². The molecule has 2 saturated carbocycles. The lowest BCUT2D eigenvalue weighted by atomic mass is 10.0. The first-order valence-electron chi connectivity index (χ1n) is 8.17. The molecule has 2 fully saturated rings. The largest absolute Gasteiger partial charge is 0.381 e. The zero-order valence-electron chi connectivity index (χ0n) is 14.0. The quantitative estimate of drug-likeness (QED) is 0.795. The number of rotatable bonds is 5. The number of nitrogens with zero attached hydrogens (tertiary/aromatic N) is 1. The lowest BCUT2D eigenvalue weighted by Gasteiger charge is -2.19. The predicted molar refractivity (Wildman–Crippen MR) is 96.7 cm³/mol. The third kappa shape index (κ3) is 3.56. The third-order valence-corrected chi connectivity index (χ3v) is 7.96. The second-order valence-corrected chi connectivity index (χ2v) is 9.82. The van der Waals surface area contributed by atoms with E-state index in [-0.39, 0.29) is 28.7 Å². The lowest BCUT2D eigenvalue weighted by Crippen LogP contribution is -2.42. The molecule has 0 aromatic heterocycles. The van der Waals surface area contributed by atoms with Crippen LogP contribution in [0.3, 0.4) is 0 Å². The van der Waals surface area contributed by atoms with E-state index in [9.17, 15) is 13.2 Å². The molecule has 1 aromatic rings. The second-order valence-electron chi connectivity index (χ2n) is 6.78. The van der Waals surface area contributed by atoms with Crippen molar-refractivity contribution in [3.63, 3.8) is 0 Å². The molecule has 0 saturated heterocycles.